The highest BCUT2D eigenvalue weighted by Crippen LogP contribution is 2.23. The zero-order valence-electron chi connectivity index (χ0n) is 13.8. The van der Waals surface area contributed by atoms with E-state index in [1.165, 1.54) is 0 Å². The number of hydrogen-bond acceptors (Lipinski definition) is 4. The lowest BCUT2D eigenvalue weighted by atomic mass is 10.1. The molecule has 0 aliphatic carbocycles. The molecule has 1 N–H and O–H groups in total. The first-order chi connectivity index (χ1) is 12.6. The molecule has 0 unspecified atom stereocenters. The van der Waals surface area contributed by atoms with Crippen molar-refractivity contribution in [2.24, 2.45) is 0 Å². The molecule has 2 heterocycles. The van der Waals surface area contributed by atoms with Gasteiger partial charge in [0.2, 0.25) is 0 Å². The van der Waals surface area contributed by atoms with Crippen molar-refractivity contribution >= 4 is 34.4 Å². The Labute approximate surface area is 154 Å². The molecule has 6 nitrogen and oxygen atoms in total. The molecule has 0 aliphatic rings. The van der Waals surface area contributed by atoms with Crippen LogP contribution in [-0.4, -0.2) is 25.9 Å². The van der Waals surface area contributed by atoms with Gasteiger partial charge in [-0.3, -0.25) is 4.79 Å². The van der Waals surface area contributed by atoms with Crippen molar-refractivity contribution in [3.8, 4) is 5.69 Å². The van der Waals surface area contributed by atoms with E-state index >= 15 is 0 Å². The molecule has 1 amide bonds. The standard InChI is InChI=1S/C19H14ClN5O/c1-12-5-2-3-6-16(12)22-19(26)14-9-8-13(11-15(14)20)25-18-17(23-24-25)7-4-10-21-18/h2-11H,1H3,(H,22,26). The third kappa shape index (κ3) is 2.91. The number of nitrogens with zero attached hydrogens (tertiary/aromatic N) is 4. The molecule has 2 aromatic heterocycles. The second-order valence-corrected chi connectivity index (χ2v) is 6.19. The van der Waals surface area contributed by atoms with Gasteiger partial charge < -0.3 is 5.32 Å². The Morgan fingerprint density at radius 3 is 2.77 bits per heavy atom. The lowest BCUT2D eigenvalue weighted by Gasteiger charge is -2.10. The molecular weight excluding hydrogens is 350 g/mol. The second kappa shape index (κ2) is 6.57. The number of anilines is 1. The summed E-state index contributed by atoms with van der Waals surface area (Å²) < 4.78 is 1.59. The van der Waals surface area contributed by atoms with Crippen molar-refractivity contribution in [3.05, 3.63) is 76.9 Å². The Balaban J connectivity index is 1.66. The number of aryl methyl sites for hydroxylation is 1. The quantitative estimate of drug-likeness (QED) is 0.596. The van der Waals surface area contributed by atoms with Crippen LogP contribution >= 0.6 is 11.6 Å². The molecule has 26 heavy (non-hydrogen) atoms. The second-order valence-electron chi connectivity index (χ2n) is 5.78. The minimum Gasteiger partial charge on any atom is -0.322 e. The van der Waals surface area contributed by atoms with E-state index in [9.17, 15) is 4.79 Å². The Hall–Kier alpha value is -3.25. The highest BCUT2D eigenvalue weighted by Gasteiger charge is 2.14. The molecule has 0 saturated carbocycles. The monoisotopic (exact) mass is 363 g/mol. The van der Waals surface area contributed by atoms with Gasteiger partial charge in [0.05, 0.1) is 16.3 Å². The Morgan fingerprint density at radius 1 is 1.12 bits per heavy atom. The lowest BCUT2D eigenvalue weighted by molar-refractivity contribution is 0.102. The number of para-hydroxylation sites is 1. The van der Waals surface area contributed by atoms with Crippen molar-refractivity contribution < 1.29 is 4.79 Å². The molecule has 0 bridgehead atoms. The predicted molar refractivity (Wildman–Crippen MR) is 101 cm³/mol. The minimum atomic E-state index is -0.266. The summed E-state index contributed by atoms with van der Waals surface area (Å²) in [6.07, 6.45) is 1.67. The number of nitrogens with one attached hydrogen (secondary N) is 1. The number of rotatable bonds is 3. The van der Waals surface area contributed by atoms with E-state index in [0.29, 0.717) is 27.4 Å². The molecular formula is C19H14ClN5O. The minimum absolute atomic E-state index is 0.266. The summed E-state index contributed by atoms with van der Waals surface area (Å²) in [5.41, 5.74) is 4.11. The van der Waals surface area contributed by atoms with E-state index in [0.717, 1.165) is 11.3 Å². The maximum Gasteiger partial charge on any atom is 0.257 e. The molecule has 7 heteroatoms. The van der Waals surface area contributed by atoms with Crippen LogP contribution < -0.4 is 5.32 Å². The van der Waals surface area contributed by atoms with Gasteiger partial charge in [-0.25, -0.2) is 4.98 Å². The number of hydrogen-bond donors (Lipinski definition) is 1. The smallest absolute Gasteiger partial charge is 0.257 e. The van der Waals surface area contributed by atoms with Crippen LogP contribution in [0, 0.1) is 6.92 Å². The third-order valence-electron chi connectivity index (χ3n) is 4.04. The van der Waals surface area contributed by atoms with Crippen LogP contribution in [0.1, 0.15) is 15.9 Å². The normalized spacial score (nSPS) is 10.8. The highest BCUT2D eigenvalue weighted by molar-refractivity contribution is 6.34. The first-order valence-corrected chi connectivity index (χ1v) is 8.34. The van der Waals surface area contributed by atoms with Crippen molar-refractivity contribution in [3.63, 3.8) is 0 Å². The van der Waals surface area contributed by atoms with Crippen molar-refractivity contribution in [1.29, 1.82) is 0 Å². The van der Waals surface area contributed by atoms with Crippen molar-refractivity contribution in [1.82, 2.24) is 20.0 Å². The Bertz CT molecular complexity index is 1120. The van der Waals surface area contributed by atoms with Crippen LogP contribution in [0.2, 0.25) is 5.02 Å². The van der Waals surface area contributed by atoms with Gasteiger partial charge >= 0.3 is 0 Å². The van der Waals surface area contributed by atoms with E-state index < -0.39 is 0 Å². The lowest BCUT2D eigenvalue weighted by Crippen LogP contribution is -2.13. The number of halogens is 1. The summed E-state index contributed by atoms with van der Waals surface area (Å²) in [6.45, 7) is 1.93. The number of pyridine rings is 1. The van der Waals surface area contributed by atoms with E-state index in [1.54, 1.807) is 35.1 Å². The number of aromatic nitrogens is 4. The first kappa shape index (κ1) is 16.2. The average molecular weight is 364 g/mol. The van der Waals surface area contributed by atoms with Gasteiger partial charge in [0.1, 0.15) is 5.52 Å². The van der Waals surface area contributed by atoms with Crippen LogP contribution in [0.4, 0.5) is 5.69 Å². The van der Waals surface area contributed by atoms with Crippen LogP contribution in [0.5, 0.6) is 0 Å². The fourth-order valence-electron chi connectivity index (χ4n) is 2.66. The molecule has 128 valence electrons. The molecule has 0 saturated heterocycles. The molecule has 0 aliphatic heterocycles. The summed E-state index contributed by atoms with van der Waals surface area (Å²) in [6, 6.07) is 16.3. The molecule has 4 rings (SSSR count). The number of fused-ring (bicyclic) bond motifs is 1. The van der Waals surface area contributed by atoms with Crippen LogP contribution in [0.3, 0.4) is 0 Å². The van der Waals surface area contributed by atoms with Gasteiger partial charge in [-0.1, -0.05) is 35.0 Å². The number of benzene rings is 2. The van der Waals surface area contributed by atoms with Gasteiger partial charge in [-0.2, -0.15) is 4.68 Å². The molecule has 2 aromatic carbocycles. The molecule has 4 aromatic rings. The summed E-state index contributed by atoms with van der Waals surface area (Å²) in [5, 5.41) is 11.4. The summed E-state index contributed by atoms with van der Waals surface area (Å²) in [7, 11) is 0. The largest absolute Gasteiger partial charge is 0.322 e. The zero-order chi connectivity index (χ0) is 18.1. The topological polar surface area (TPSA) is 72.7 Å². The molecule has 0 fully saturated rings. The predicted octanol–water partition coefficient (Wildman–Crippen LogP) is 4.03. The number of carbonyl (C=O) groups is 1. The zero-order valence-corrected chi connectivity index (χ0v) is 14.6. The summed E-state index contributed by atoms with van der Waals surface area (Å²) in [4.78, 5) is 16.8. The van der Waals surface area contributed by atoms with Crippen LogP contribution in [0.15, 0.2) is 60.8 Å². The fraction of sp³-hybridized carbons (Fsp3) is 0.0526. The van der Waals surface area contributed by atoms with E-state index in [1.807, 2.05) is 37.3 Å². The van der Waals surface area contributed by atoms with E-state index in [-0.39, 0.29) is 5.91 Å². The first-order valence-electron chi connectivity index (χ1n) is 7.97. The van der Waals surface area contributed by atoms with Crippen molar-refractivity contribution in [2.75, 3.05) is 5.32 Å². The Kier molecular flexibility index (Phi) is 4.10. The maximum atomic E-state index is 12.6. The third-order valence-corrected chi connectivity index (χ3v) is 4.36. The highest BCUT2D eigenvalue weighted by atomic mass is 35.5. The van der Waals surface area contributed by atoms with Gasteiger partial charge in [-0.15, -0.1) is 5.10 Å². The summed E-state index contributed by atoms with van der Waals surface area (Å²) >= 11 is 6.36. The van der Waals surface area contributed by atoms with E-state index in [2.05, 4.69) is 20.6 Å². The number of amides is 1. The van der Waals surface area contributed by atoms with Gasteiger partial charge in [-0.05, 0) is 48.9 Å². The SMILES string of the molecule is Cc1ccccc1NC(=O)c1ccc(-n2nnc3cccnc32)cc1Cl. The van der Waals surface area contributed by atoms with Gasteiger partial charge in [0.25, 0.3) is 5.91 Å². The Morgan fingerprint density at radius 2 is 1.96 bits per heavy atom. The van der Waals surface area contributed by atoms with Gasteiger partial charge in [0.15, 0.2) is 5.65 Å². The molecule has 0 spiro atoms. The van der Waals surface area contributed by atoms with Crippen molar-refractivity contribution in [2.45, 2.75) is 6.92 Å². The molecule has 0 radical (unpaired) electrons. The molecule has 0 atom stereocenters. The maximum absolute atomic E-state index is 12.6. The average Bonchev–Trinajstić information content (AvgIpc) is 3.07. The van der Waals surface area contributed by atoms with Crippen LogP contribution in [0.25, 0.3) is 16.9 Å². The van der Waals surface area contributed by atoms with E-state index in [4.69, 9.17) is 11.6 Å². The van der Waals surface area contributed by atoms with Gasteiger partial charge in [0, 0.05) is 11.9 Å². The number of carbonyl (C=O) groups excluding carboxylic acids is 1. The van der Waals surface area contributed by atoms with Crippen LogP contribution in [-0.2, 0) is 0 Å². The fourth-order valence-corrected chi connectivity index (χ4v) is 2.92. The summed E-state index contributed by atoms with van der Waals surface area (Å²) in [5.74, 6) is -0.266.